The van der Waals surface area contributed by atoms with Crippen LogP contribution in [0.25, 0.3) is 17.2 Å². The molecule has 1 N–H and O–H groups in total. The second kappa shape index (κ2) is 8.52. The lowest BCUT2D eigenvalue weighted by Gasteiger charge is -2.10. The first-order valence-electron chi connectivity index (χ1n) is 9.37. The third-order valence-electron chi connectivity index (χ3n) is 4.68. The summed E-state index contributed by atoms with van der Waals surface area (Å²) in [6, 6.07) is 12.8. The Morgan fingerprint density at radius 3 is 2.48 bits per heavy atom. The van der Waals surface area contributed by atoms with Crippen molar-refractivity contribution < 1.29 is 14.3 Å². The summed E-state index contributed by atoms with van der Waals surface area (Å²) in [5, 5.41) is 11.6. The van der Waals surface area contributed by atoms with Gasteiger partial charge in [-0.15, -0.1) is 5.10 Å². The van der Waals surface area contributed by atoms with E-state index in [0.29, 0.717) is 33.7 Å². The Hall–Kier alpha value is -3.79. The zero-order valence-electron chi connectivity index (χ0n) is 17.4. The van der Waals surface area contributed by atoms with Crippen LogP contribution in [0.4, 0.5) is 5.13 Å². The third kappa shape index (κ3) is 4.10. The molecule has 2 heterocycles. The number of ether oxygens (including phenoxy) is 2. The van der Waals surface area contributed by atoms with Crippen LogP contribution in [0.15, 0.2) is 42.5 Å². The van der Waals surface area contributed by atoms with Crippen LogP contribution >= 0.6 is 11.5 Å². The Labute approximate surface area is 182 Å². The number of carbonyl (C=O) groups excluding carboxylic acids is 1. The summed E-state index contributed by atoms with van der Waals surface area (Å²) in [7, 11) is 3.16. The van der Waals surface area contributed by atoms with E-state index in [1.165, 1.54) is 0 Å². The molecule has 4 aromatic rings. The van der Waals surface area contributed by atoms with Gasteiger partial charge >= 0.3 is 0 Å². The number of methoxy groups -OCH3 is 2. The van der Waals surface area contributed by atoms with Crippen LogP contribution in [0.2, 0.25) is 0 Å². The lowest BCUT2D eigenvalue weighted by molar-refractivity contribution is 0.102. The highest BCUT2D eigenvalue weighted by molar-refractivity contribution is 7.10. The van der Waals surface area contributed by atoms with Crippen LogP contribution in [-0.2, 0) is 0 Å². The van der Waals surface area contributed by atoms with Gasteiger partial charge in [0.15, 0.2) is 23.0 Å². The third-order valence-corrected chi connectivity index (χ3v) is 5.31. The molecule has 0 aliphatic carbocycles. The first kappa shape index (κ1) is 20.5. The molecule has 31 heavy (non-hydrogen) atoms. The Bertz CT molecular complexity index is 1230. The van der Waals surface area contributed by atoms with Gasteiger partial charge in [0.25, 0.3) is 5.91 Å². The molecule has 0 bridgehead atoms. The highest BCUT2D eigenvalue weighted by atomic mass is 32.1. The monoisotopic (exact) mass is 436 g/mol. The van der Waals surface area contributed by atoms with Crippen LogP contribution < -0.4 is 14.8 Å². The summed E-state index contributed by atoms with van der Waals surface area (Å²) < 4.78 is 16.6. The van der Waals surface area contributed by atoms with Crippen LogP contribution in [0, 0.1) is 13.8 Å². The molecule has 10 heteroatoms. The maximum atomic E-state index is 12.4. The summed E-state index contributed by atoms with van der Waals surface area (Å²) in [4.78, 5) is 16.8. The number of amides is 1. The standard InChI is InChI=1S/C21H20N6O3S/c1-12-5-7-14(8-6-12)20(28)23-21-22-19(25-31-21)18-13(2)27(26-24-18)15-9-10-16(29-3)17(11-15)30-4/h5-11H,1-4H3,(H,22,23,25,28). The van der Waals surface area contributed by atoms with E-state index in [-0.39, 0.29) is 5.91 Å². The van der Waals surface area contributed by atoms with E-state index in [0.717, 1.165) is 28.5 Å². The first-order chi connectivity index (χ1) is 15.0. The first-order valence-corrected chi connectivity index (χ1v) is 10.1. The number of nitrogens with one attached hydrogen (secondary N) is 1. The number of nitrogens with zero attached hydrogens (tertiary/aromatic N) is 5. The second-order valence-electron chi connectivity index (χ2n) is 6.72. The van der Waals surface area contributed by atoms with Crippen LogP contribution in [0.1, 0.15) is 21.6 Å². The molecule has 1 amide bonds. The van der Waals surface area contributed by atoms with Gasteiger partial charge in [-0.2, -0.15) is 9.36 Å². The van der Waals surface area contributed by atoms with Crippen molar-refractivity contribution >= 4 is 22.6 Å². The van der Waals surface area contributed by atoms with Gasteiger partial charge in [-0.05, 0) is 38.1 Å². The van der Waals surface area contributed by atoms with E-state index in [4.69, 9.17) is 9.47 Å². The normalized spacial score (nSPS) is 10.7. The number of hydrogen-bond donors (Lipinski definition) is 1. The van der Waals surface area contributed by atoms with Gasteiger partial charge in [0, 0.05) is 23.2 Å². The Morgan fingerprint density at radius 2 is 1.77 bits per heavy atom. The van der Waals surface area contributed by atoms with Gasteiger partial charge in [0.1, 0.15) is 0 Å². The summed E-state index contributed by atoms with van der Waals surface area (Å²) in [6.45, 7) is 3.84. The van der Waals surface area contributed by atoms with E-state index in [9.17, 15) is 4.79 Å². The van der Waals surface area contributed by atoms with Crippen molar-refractivity contribution in [1.29, 1.82) is 0 Å². The van der Waals surface area contributed by atoms with E-state index in [1.54, 1.807) is 37.1 Å². The summed E-state index contributed by atoms with van der Waals surface area (Å²) in [5.74, 6) is 1.37. The lowest BCUT2D eigenvalue weighted by atomic mass is 10.1. The van der Waals surface area contributed by atoms with Crippen molar-refractivity contribution in [3.05, 3.63) is 59.3 Å². The average molecular weight is 436 g/mol. The van der Waals surface area contributed by atoms with Crippen molar-refractivity contribution in [2.45, 2.75) is 13.8 Å². The summed E-state index contributed by atoms with van der Waals surface area (Å²) >= 11 is 1.09. The molecular formula is C21H20N6O3S. The molecule has 2 aromatic heterocycles. The molecule has 9 nitrogen and oxygen atoms in total. The Balaban J connectivity index is 1.57. The molecule has 2 aromatic carbocycles. The fraction of sp³-hybridized carbons (Fsp3) is 0.190. The Kier molecular flexibility index (Phi) is 5.63. The van der Waals surface area contributed by atoms with Crippen molar-refractivity contribution in [2.75, 3.05) is 19.5 Å². The molecule has 0 unspecified atom stereocenters. The van der Waals surface area contributed by atoms with Gasteiger partial charge in [0.05, 0.1) is 25.6 Å². The second-order valence-corrected chi connectivity index (χ2v) is 7.47. The minimum absolute atomic E-state index is 0.242. The molecule has 0 radical (unpaired) electrons. The molecule has 0 saturated heterocycles. The van der Waals surface area contributed by atoms with Gasteiger partial charge in [-0.25, -0.2) is 4.68 Å². The zero-order chi connectivity index (χ0) is 22.0. The Morgan fingerprint density at radius 1 is 1.03 bits per heavy atom. The summed E-state index contributed by atoms with van der Waals surface area (Å²) in [6.07, 6.45) is 0. The quantitative estimate of drug-likeness (QED) is 0.492. The molecule has 0 saturated carbocycles. The molecule has 4 rings (SSSR count). The largest absolute Gasteiger partial charge is 0.493 e. The van der Waals surface area contributed by atoms with Gasteiger partial charge in [-0.3, -0.25) is 10.1 Å². The lowest BCUT2D eigenvalue weighted by Crippen LogP contribution is -2.11. The minimum Gasteiger partial charge on any atom is -0.493 e. The minimum atomic E-state index is -0.242. The molecule has 0 aliphatic rings. The maximum Gasteiger partial charge on any atom is 0.257 e. The smallest absolute Gasteiger partial charge is 0.257 e. The topological polar surface area (TPSA) is 104 Å². The summed E-state index contributed by atoms with van der Waals surface area (Å²) in [5.41, 5.74) is 3.68. The van der Waals surface area contributed by atoms with E-state index in [2.05, 4.69) is 25.0 Å². The average Bonchev–Trinajstić information content (AvgIpc) is 3.39. The van der Waals surface area contributed by atoms with Crippen LogP contribution in [0.3, 0.4) is 0 Å². The number of aromatic nitrogens is 5. The molecule has 0 atom stereocenters. The molecule has 158 valence electrons. The number of rotatable bonds is 6. The van der Waals surface area contributed by atoms with E-state index >= 15 is 0 Å². The fourth-order valence-corrected chi connectivity index (χ4v) is 3.55. The van der Waals surface area contributed by atoms with Gasteiger partial charge in [0.2, 0.25) is 5.13 Å². The van der Waals surface area contributed by atoms with Gasteiger partial charge < -0.3 is 9.47 Å². The number of aryl methyl sites for hydroxylation is 1. The maximum absolute atomic E-state index is 12.4. The van der Waals surface area contributed by atoms with Crippen molar-refractivity contribution in [3.8, 4) is 28.7 Å². The predicted octanol–water partition coefficient (Wildman–Crippen LogP) is 3.67. The number of benzene rings is 2. The van der Waals surface area contributed by atoms with Crippen molar-refractivity contribution in [1.82, 2.24) is 24.4 Å². The highest BCUT2D eigenvalue weighted by Crippen LogP contribution is 2.30. The van der Waals surface area contributed by atoms with E-state index in [1.807, 2.05) is 38.1 Å². The number of hydrogen-bond acceptors (Lipinski definition) is 8. The zero-order valence-corrected chi connectivity index (χ0v) is 18.2. The van der Waals surface area contributed by atoms with Crippen molar-refractivity contribution in [3.63, 3.8) is 0 Å². The molecule has 0 fully saturated rings. The molecule has 0 aliphatic heterocycles. The fourth-order valence-electron chi connectivity index (χ4n) is 2.98. The van der Waals surface area contributed by atoms with Gasteiger partial charge in [-0.1, -0.05) is 22.9 Å². The number of carbonyl (C=O) groups is 1. The van der Waals surface area contributed by atoms with Crippen LogP contribution in [-0.4, -0.2) is 44.5 Å². The predicted molar refractivity (Wildman–Crippen MR) is 117 cm³/mol. The van der Waals surface area contributed by atoms with E-state index < -0.39 is 0 Å². The van der Waals surface area contributed by atoms with Crippen molar-refractivity contribution in [2.24, 2.45) is 0 Å². The number of anilines is 1. The molecular weight excluding hydrogens is 416 g/mol. The SMILES string of the molecule is COc1ccc(-n2nnc(-c3nsc(NC(=O)c4ccc(C)cc4)n3)c2C)cc1OC. The van der Waals surface area contributed by atoms with Crippen LogP contribution in [0.5, 0.6) is 11.5 Å². The molecule has 0 spiro atoms. The highest BCUT2D eigenvalue weighted by Gasteiger charge is 2.18.